The Hall–Kier alpha value is -3.15. The fraction of sp³-hybridized carbons (Fsp3) is 0.406. The molecule has 1 fully saturated rings. The van der Waals surface area contributed by atoms with Crippen LogP contribution in [0.25, 0.3) is 22.3 Å². The molecule has 0 aromatic heterocycles. The van der Waals surface area contributed by atoms with Crippen molar-refractivity contribution in [3.8, 4) is 22.3 Å². The molecule has 0 heterocycles. The highest BCUT2D eigenvalue weighted by atomic mass is 19.2. The first kappa shape index (κ1) is 27.9. The van der Waals surface area contributed by atoms with Crippen LogP contribution in [-0.2, 0) is 0 Å². The number of carboxylic acids is 1. The molecule has 0 atom stereocenters. The summed E-state index contributed by atoms with van der Waals surface area (Å²) in [5, 5.41) is 9.38. The number of benzene rings is 3. The zero-order valence-corrected chi connectivity index (χ0v) is 21.7. The summed E-state index contributed by atoms with van der Waals surface area (Å²) in [5.41, 5.74) is 0.858. The Balaban J connectivity index is 1.54. The van der Waals surface area contributed by atoms with E-state index in [9.17, 15) is 23.1 Å². The highest BCUT2D eigenvalue weighted by Crippen LogP contribution is 2.40. The Bertz CT molecular complexity index is 1240. The molecule has 0 bridgehead atoms. The smallest absolute Gasteiger partial charge is 0.338 e. The van der Waals surface area contributed by atoms with Gasteiger partial charge in [0, 0.05) is 5.56 Å². The van der Waals surface area contributed by atoms with Gasteiger partial charge in [-0.25, -0.2) is 22.4 Å². The van der Waals surface area contributed by atoms with Crippen LogP contribution in [0.5, 0.6) is 0 Å². The molecule has 0 aliphatic heterocycles. The molecule has 1 N–H and O–H groups in total. The van der Waals surface area contributed by atoms with Gasteiger partial charge in [0.2, 0.25) is 0 Å². The maximum Gasteiger partial charge on any atom is 0.338 e. The van der Waals surface area contributed by atoms with E-state index in [0.29, 0.717) is 23.6 Å². The van der Waals surface area contributed by atoms with Gasteiger partial charge >= 0.3 is 5.97 Å². The van der Waals surface area contributed by atoms with Gasteiger partial charge in [0.25, 0.3) is 0 Å². The number of hydrogen-bond donors (Lipinski definition) is 1. The summed E-state index contributed by atoms with van der Waals surface area (Å²) in [4.78, 5) is 11.5. The molecule has 1 aliphatic carbocycles. The van der Waals surface area contributed by atoms with Crippen LogP contribution in [-0.4, -0.2) is 11.1 Å². The summed E-state index contributed by atoms with van der Waals surface area (Å²) in [6.07, 6.45) is 12.5. The number of rotatable bonds is 10. The van der Waals surface area contributed by atoms with Crippen molar-refractivity contribution in [3.05, 3.63) is 82.9 Å². The Morgan fingerprint density at radius 3 is 2.03 bits per heavy atom. The zero-order chi connectivity index (χ0) is 27.2. The first-order valence-corrected chi connectivity index (χ1v) is 13.6. The number of carbonyl (C=O) groups is 1. The third kappa shape index (κ3) is 6.28. The number of unbranched alkanes of at least 4 members (excludes halogenated alkanes) is 4. The fourth-order valence-corrected chi connectivity index (χ4v) is 5.72. The molecule has 0 saturated heterocycles. The highest BCUT2D eigenvalue weighted by molar-refractivity contribution is 5.94. The standard InChI is InChI=1S/C32H34F4O2/c1-2-3-4-5-6-7-20-8-10-21(11-9-20)22-12-14-23(15-13-22)25-16-17-26(32(37)38)30(35)29(25)24-18-27(33)31(36)28(34)19-24/h12-21H,2-11H2,1H3,(H,37,38). The summed E-state index contributed by atoms with van der Waals surface area (Å²) < 4.78 is 56.9. The Kier molecular flexibility index (Phi) is 9.24. The summed E-state index contributed by atoms with van der Waals surface area (Å²) in [6.45, 7) is 2.23. The summed E-state index contributed by atoms with van der Waals surface area (Å²) in [5.74, 6) is -6.01. The molecule has 3 aromatic rings. The molecule has 2 nitrogen and oxygen atoms in total. The molecule has 38 heavy (non-hydrogen) atoms. The minimum absolute atomic E-state index is 0.269. The van der Waals surface area contributed by atoms with Crippen LogP contribution in [0.3, 0.4) is 0 Å². The average molecular weight is 527 g/mol. The average Bonchev–Trinajstić information content (AvgIpc) is 2.91. The molecular formula is C32H34F4O2. The van der Waals surface area contributed by atoms with E-state index in [-0.39, 0.29) is 16.7 Å². The molecule has 4 rings (SSSR count). The quantitative estimate of drug-likeness (QED) is 0.162. The van der Waals surface area contributed by atoms with Crippen molar-refractivity contribution in [1.82, 2.24) is 0 Å². The maximum atomic E-state index is 15.4. The Labute approximate surface area is 221 Å². The van der Waals surface area contributed by atoms with E-state index in [0.717, 1.165) is 24.8 Å². The van der Waals surface area contributed by atoms with Crippen molar-refractivity contribution in [2.75, 3.05) is 0 Å². The maximum absolute atomic E-state index is 15.4. The van der Waals surface area contributed by atoms with Crippen molar-refractivity contribution in [2.45, 2.75) is 77.0 Å². The molecule has 1 saturated carbocycles. The van der Waals surface area contributed by atoms with Gasteiger partial charge in [0.1, 0.15) is 5.82 Å². The van der Waals surface area contributed by atoms with Gasteiger partial charge in [0.15, 0.2) is 17.5 Å². The van der Waals surface area contributed by atoms with Gasteiger partial charge < -0.3 is 5.11 Å². The number of aromatic carboxylic acids is 1. The molecule has 0 unspecified atom stereocenters. The molecule has 202 valence electrons. The predicted molar refractivity (Wildman–Crippen MR) is 142 cm³/mol. The van der Waals surface area contributed by atoms with Gasteiger partial charge in [0.05, 0.1) is 5.56 Å². The van der Waals surface area contributed by atoms with Crippen molar-refractivity contribution >= 4 is 5.97 Å². The molecule has 1 aliphatic rings. The number of halogens is 4. The second-order valence-corrected chi connectivity index (χ2v) is 10.5. The van der Waals surface area contributed by atoms with E-state index in [2.05, 4.69) is 6.92 Å². The minimum Gasteiger partial charge on any atom is -0.478 e. The van der Waals surface area contributed by atoms with Crippen LogP contribution in [0.2, 0.25) is 0 Å². The molecule has 0 amide bonds. The molecule has 3 aromatic carbocycles. The Morgan fingerprint density at radius 1 is 0.789 bits per heavy atom. The van der Waals surface area contributed by atoms with E-state index in [1.165, 1.54) is 63.0 Å². The molecular weight excluding hydrogens is 492 g/mol. The fourth-order valence-electron chi connectivity index (χ4n) is 5.72. The van der Waals surface area contributed by atoms with Gasteiger partial charge in [-0.2, -0.15) is 0 Å². The summed E-state index contributed by atoms with van der Waals surface area (Å²) in [6, 6.07) is 11.5. The van der Waals surface area contributed by atoms with E-state index < -0.39 is 34.8 Å². The lowest BCUT2D eigenvalue weighted by Gasteiger charge is -2.29. The van der Waals surface area contributed by atoms with E-state index in [1.54, 1.807) is 0 Å². The van der Waals surface area contributed by atoms with Crippen LogP contribution in [0, 0.1) is 29.2 Å². The van der Waals surface area contributed by atoms with Crippen molar-refractivity contribution < 1.29 is 27.5 Å². The first-order valence-electron chi connectivity index (χ1n) is 13.6. The topological polar surface area (TPSA) is 37.3 Å². The van der Waals surface area contributed by atoms with Gasteiger partial charge in [-0.1, -0.05) is 75.8 Å². The van der Waals surface area contributed by atoms with Crippen molar-refractivity contribution in [3.63, 3.8) is 0 Å². The van der Waals surface area contributed by atoms with Crippen LogP contribution < -0.4 is 0 Å². The minimum atomic E-state index is -1.67. The lowest BCUT2D eigenvalue weighted by molar-refractivity contribution is 0.0692. The summed E-state index contributed by atoms with van der Waals surface area (Å²) >= 11 is 0. The third-order valence-corrected chi connectivity index (χ3v) is 7.90. The van der Waals surface area contributed by atoms with Gasteiger partial charge in [-0.3, -0.25) is 0 Å². The van der Waals surface area contributed by atoms with Crippen LogP contribution in [0.4, 0.5) is 17.6 Å². The lowest BCUT2D eigenvalue weighted by Crippen LogP contribution is -2.13. The number of carboxylic acid groups (broad SMARTS) is 1. The van der Waals surface area contributed by atoms with E-state index in [1.807, 2.05) is 24.3 Å². The largest absolute Gasteiger partial charge is 0.478 e. The SMILES string of the molecule is CCCCCCCC1CCC(c2ccc(-c3ccc(C(=O)O)c(F)c3-c3cc(F)c(F)c(F)c3)cc2)CC1. The van der Waals surface area contributed by atoms with Gasteiger partial charge in [-0.15, -0.1) is 0 Å². The van der Waals surface area contributed by atoms with Crippen molar-refractivity contribution in [2.24, 2.45) is 5.92 Å². The van der Waals surface area contributed by atoms with Crippen LogP contribution >= 0.6 is 0 Å². The Morgan fingerprint density at radius 2 is 1.42 bits per heavy atom. The van der Waals surface area contributed by atoms with E-state index in [4.69, 9.17) is 0 Å². The van der Waals surface area contributed by atoms with Crippen LogP contribution in [0.1, 0.15) is 93.0 Å². The summed E-state index contributed by atoms with van der Waals surface area (Å²) in [7, 11) is 0. The predicted octanol–water partition coefficient (Wildman–Crippen LogP) is 9.91. The van der Waals surface area contributed by atoms with Gasteiger partial charge in [-0.05, 0) is 78.0 Å². The second kappa shape index (κ2) is 12.6. The first-order chi connectivity index (χ1) is 18.3. The molecule has 6 heteroatoms. The monoisotopic (exact) mass is 526 g/mol. The number of hydrogen-bond acceptors (Lipinski definition) is 1. The van der Waals surface area contributed by atoms with Crippen molar-refractivity contribution in [1.29, 1.82) is 0 Å². The molecule has 0 spiro atoms. The highest BCUT2D eigenvalue weighted by Gasteiger charge is 2.24. The lowest BCUT2D eigenvalue weighted by atomic mass is 9.77. The molecule has 0 radical (unpaired) electrons. The zero-order valence-electron chi connectivity index (χ0n) is 21.7. The van der Waals surface area contributed by atoms with Crippen LogP contribution in [0.15, 0.2) is 48.5 Å². The third-order valence-electron chi connectivity index (χ3n) is 7.90. The normalized spacial score (nSPS) is 17.5. The second-order valence-electron chi connectivity index (χ2n) is 10.5. The van der Waals surface area contributed by atoms with E-state index >= 15 is 4.39 Å².